The second-order valence-corrected chi connectivity index (χ2v) is 8.46. The molecule has 0 radical (unpaired) electrons. The average molecular weight is 414 g/mol. The van der Waals surface area contributed by atoms with Gasteiger partial charge in [0.05, 0.1) is 11.6 Å². The third-order valence-corrected chi connectivity index (χ3v) is 6.34. The Kier molecular flexibility index (Phi) is 4.78. The predicted octanol–water partition coefficient (Wildman–Crippen LogP) is 0.0246. The van der Waals surface area contributed by atoms with Gasteiger partial charge in [-0.1, -0.05) is 5.16 Å². The van der Waals surface area contributed by atoms with E-state index in [1.54, 1.807) is 6.26 Å². The summed E-state index contributed by atoms with van der Waals surface area (Å²) in [6.45, 7) is 7.76. The highest BCUT2D eigenvalue weighted by molar-refractivity contribution is 7.17. The van der Waals surface area contributed by atoms with Gasteiger partial charge >= 0.3 is 0 Å². The van der Waals surface area contributed by atoms with E-state index in [4.69, 9.17) is 13.9 Å². The van der Waals surface area contributed by atoms with E-state index in [0.717, 1.165) is 66.9 Å². The highest BCUT2D eigenvalue weighted by Gasteiger charge is 2.25. The van der Waals surface area contributed by atoms with Crippen LogP contribution in [-0.4, -0.2) is 41.3 Å². The van der Waals surface area contributed by atoms with Crippen molar-refractivity contribution in [3.05, 3.63) is 57.5 Å². The summed E-state index contributed by atoms with van der Waals surface area (Å²) in [7, 11) is 0. The zero-order chi connectivity index (χ0) is 19.8. The number of thiophene rings is 1. The van der Waals surface area contributed by atoms with Crippen molar-refractivity contribution in [3.63, 3.8) is 0 Å². The molecule has 0 aliphatic carbocycles. The maximum Gasteiger partial charge on any atom is 0.260 e. The number of hydrogen-bond acceptors (Lipinski definition) is 6. The lowest BCUT2D eigenvalue weighted by Crippen LogP contribution is -3.27. The molecule has 4 aromatic heterocycles. The average Bonchev–Trinajstić information content (AvgIpc) is 3.44. The minimum Gasteiger partial charge on any atom is -0.464 e. The summed E-state index contributed by atoms with van der Waals surface area (Å²) in [6, 6.07) is 5.69. The van der Waals surface area contributed by atoms with Crippen molar-refractivity contribution >= 4 is 21.6 Å². The van der Waals surface area contributed by atoms with Gasteiger partial charge in [0, 0.05) is 17.0 Å². The summed E-state index contributed by atoms with van der Waals surface area (Å²) in [6.07, 6.45) is 1.61. The highest BCUT2D eigenvalue weighted by Crippen LogP contribution is 2.30. The fourth-order valence-corrected chi connectivity index (χ4v) is 4.94. The number of nitrogens with zero attached hydrogens (tertiary/aromatic N) is 2. The molecule has 0 bridgehead atoms. The highest BCUT2D eigenvalue weighted by atomic mass is 32.1. The molecule has 0 spiro atoms. The Morgan fingerprint density at radius 1 is 1.21 bits per heavy atom. The van der Waals surface area contributed by atoms with Crippen LogP contribution in [0.2, 0.25) is 0 Å². The van der Waals surface area contributed by atoms with Crippen LogP contribution in [0.15, 0.2) is 43.6 Å². The first kappa shape index (κ1) is 18.3. The first-order valence-electron chi connectivity index (χ1n) is 9.79. The fourth-order valence-electron chi connectivity index (χ4n) is 4.00. The van der Waals surface area contributed by atoms with Gasteiger partial charge in [0.2, 0.25) is 0 Å². The third-order valence-electron chi connectivity index (χ3n) is 5.47. The van der Waals surface area contributed by atoms with Crippen molar-refractivity contribution in [2.75, 3.05) is 26.2 Å². The van der Waals surface area contributed by atoms with Gasteiger partial charge in [-0.2, -0.15) is 0 Å². The normalized spacial score (nSPS) is 19.8. The van der Waals surface area contributed by atoms with E-state index in [0.29, 0.717) is 11.1 Å². The number of fused-ring (bicyclic) bond motifs is 1. The lowest BCUT2D eigenvalue weighted by atomic mass is 10.2. The Balaban J connectivity index is 1.26. The number of piperazine rings is 1. The molecule has 0 atom stereocenters. The Labute approximate surface area is 170 Å². The molecule has 8 nitrogen and oxygen atoms in total. The molecular formula is C20H23N5O3S+2. The van der Waals surface area contributed by atoms with E-state index in [-0.39, 0.29) is 5.56 Å². The van der Waals surface area contributed by atoms with E-state index < -0.39 is 0 Å². The number of nitrogens with one attached hydrogen (secondary N) is 3. The van der Waals surface area contributed by atoms with E-state index in [2.05, 4.69) is 10.1 Å². The van der Waals surface area contributed by atoms with Crippen molar-refractivity contribution < 1.29 is 18.7 Å². The maximum atomic E-state index is 12.7. The van der Waals surface area contributed by atoms with Crippen LogP contribution in [0.25, 0.3) is 21.5 Å². The molecule has 0 amide bonds. The smallest absolute Gasteiger partial charge is 0.260 e. The van der Waals surface area contributed by atoms with Gasteiger partial charge in [0.25, 0.3) is 5.56 Å². The third kappa shape index (κ3) is 3.76. The molecule has 0 aromatic carbocycles. The number of aryl methyl sites for hydroxylation is 1. The Bertz CT molecular complexity index is 1170. The molecule has 1 aliphatic rings. The summed E-state index contributed by atoms with van der Waals surface area (Å²) >= 11 is 1.49. The van der Waals surface area contributed by atoms with Crippen molar-refractivity contribution in [2.24, 2.45) is 0 Å². The van der Waals surface area contributed by atoms with Gasteiger partial charge in [0.15, 0.2) is 5.82 Å². The van der Waals surface area contributed by atoms with Gasteiger partial charge in [0.1, 0.15) is 61.3 Å². The Morgan fingerprint density at radius 3 is 2.69 bits per heavy atom. The number of furan rings is 1. The van der Waals surface area contributed by atoms with Gasteiger partial charge in [-0.05, 0) is 19.1 Å². The summed E-state index contributed by atoms with van der Waals surface area (Å²) in [5.74, 6) is 2.31. The van der Waals surface area contributed by atoms with Crippen LogP contribution in [-0.2, 0) is 13.1 Å². The molecule has 1 saturated heterocycles. The minimum atomic E-state index is -0.0947. The van der Waals surface area contributed by atoms with Gasteiger partial charge in [-0.3, -0.25) is 4.79 Å². The molecule has 1 aliphatic heterocycles. The van der Waals surface area contributed by atoms with E-state index >= 15 is 0 Å². The maximum absolute atomic E-state index is 12.7. The standard InChI is InChI=1S/C20H21N5O3S/c1-13-9-14(23-28-13)10-24-4-6-25(7-5-24)11-17-21-19(26)18-15(12-29-20(18)22-17)16-3-2-8-27-16/h2-3,8-9,12H,4-7,10-11H2,1H3,(H,21,22,26)/p+2. The number of aromatic nitrogens is 3. The summed E-state index contributed by atoms with van der Waals surface area (Å²) in [4.78, 5) is 24.1. The van der Waals surface area contributed by atoms with E-state index in [1.165, 1.54) is 21.1 Å². The van der Waals surface area contributed by atoms with Crippen LogP contribution in [0.1, 0.15) is 17.3 Å². The first-order valence-corrected chi connectivity index (χ1v) is 10.7. The van der Waals surface area contributed by atoms with Gasteiger partial charge < -0.3 is 23.7 Å². The van der Waals surface area contributed by atoms with Crippen LogP contribution in [0.4, 0.5) is 0 Å². The van der Waals surface area contributed by atoms with Crippen LogP contribution in [0.3, 0.4) is 0 Å². The van der Waals surface area contributed by atoms with Crippen LogP contribution >= 0.6 is 11.3 Å². The minimum absolute atomic E-state index is 0.0947. The summed E-state index contributed by atoms with van der Waals surface area (Å²) < 4.78 is 10.6. The van der Waals surface area contributed by atoms with Crippen molar-refractivity contribution in [2.45, 2.75) is 20.0 Å². The zero-order valence-electron chi connectivity index (χ0n) is 16.2. The Hall–Kier alpha value is -2.75. The summed E-state index contributed by atoms with van der Waals surface area (Å²) in [5.41, 5.74) is 1.73. The summed E-state index contributed by atoms with van der Waals surface area (Å²) in [5, 5.41) is 6.65. The molecule has 1 fully saturated rings. The predicted molar refractivity (Wildman–Crippen MR) is 108 cm³/mol. The van der Waals surface area contributed by atoms with Crippen molar-refractivity contribution in [3.8, 4) is 11.3 Å². The van der Waals surface area contributed by atoms with E-state index in [1.807, 2.05) is 30.5 Å². The SMILES string of the molecule is Cc1cc(C[NH+]2CC[NH+](Cc3nc4scc(-c5ccco5)c4c(=O)[nH]3)CC2)no1. The van der Waals surface area contributed by atoms with E-state index in [9.17, 15) is 4.79 Å². The van der Waals surface area contributed by atoms with Crippen LogP contribution in [0, 0.1) is 6.92 Å². The molecule has 29 heavy (non-hydrogen) atoms. The molecule has 5 heterocycles. The Morgan fingerprint density at radius 2 is 2.00 bits per heavy atom. The molecule has 3 N–H and O–H groups in total. The first-order chi connectivity index (χ1) is 14.2. The molecule has 9 heteroatoms. The molecule has 150 valence electrons. The van der Waals surface area contributed by atoms with Crippen LogP contribution < -0.4 is 15.4 Å². The van der Waals surface area contributed by atoms with Gasteiger partial charge in [-0.15, -0.1) is 11.3 Å². The topological polar surface area (TPSA) is 93.8 Å². The molecule has 5 rings (SSSR count). The number of hydrogen-bond donors (Lipinski definition) is 3. The molecule has 4 aromatic rings. The number of rotatable bonds is 5. The second-order valence-electron chi connectivity index (χ2n) is 7.60. The lowest BCUT2D eigenvalue weighted by Gasteiger charge is -2.28. The lowest BCUT2D eigenvalue weighted by molar-refractivity contribution is -1.02. The number of quaternary nitrogens is 2. The number of H-pyrrole nitrogens is 1. The zero-order valence-corrected chi connectivity index (χ0v) is 17.0. The molecule has 0 saturated carbocycles. The van der Waals surface area contributed by atoms with Gasteiger partial charge in [-0.25, -0.2) is 4.98 Å². The molecule has 0 unspecified atom stereocenters. The molecular weight excluding hydrogens is 390 g/mol. The fraction of sp³-hybridized carbons (Fsp3) is 0.350. The van der Waals surface area contributed by atoms with Crippen molar-refractivity contribution in [1.82, 2.24) is 15.1 Å². The largest absolute Gasteiger partial charge is 0.464 e. The van der Waals surface area contributed by atoms with Crippen molar-refractivity contribution in [1.29, 1.82) is 0 Å². The second kappa shape index (κ2) is 7.58. The van der Waals surface area contributed by atoms with Crippen LogP contribution in [0.5, 0.6) is 0 Å². The quantitative estimate of drug-likeness (QED) is 0.429. The monoisotopic (exact) mass is 413 g/mol. The number of aromatic amines is 1.